The molecule has 4 nitrogen and oxygen atoms in total. The third-order valence-corrected chi connectivity index (χ3v) is 4.23. The molecule has 1 aliphatic carbocycles. The molecule has 1 saturated carbocycles. The second-order valence-corrected chi connectivity index (χ2v) is 5.63. The maximum atomic E-state index is 11.5. The quantitative estimate of drug-likeness (QED) is 0.757. The molecule has 104 valence electrons. The molecule has 1 aliphatic heterocycles. The van der Waals surface area contributed by atoms with Crippen LogP contribution in [0.5, 0.6) is 0 Å². The number of urea groups is 1. The molecule has 1 heterocycles. The average molecular weight is 253 g/mol. The van der Waals surface area contributed by atoms with Crippen LogP contribution in [0.25, 0.3) is 0 Å². The van der Waals surface area contributed by atoms with Gasteiger partial charge in [-0.25, -0.2) is 4.79 Å². The smallest absolute Gasteiger partial charge is 0.315 e. The van der Waals surface area contributed by atoms with Gasteiger partial charge in [0.25, 0.3) is 0 Å². The van der Waals surface area contributed by atoms with Crippen LogP contribution in [0.1, 0.15) is 51.9 Å². The molecule has 0 aromatic carbocycles. The van der Waals surface area contributed by atoms with E-state index in [1.54, 1.807) is 0 Å². The van der Waals surface area contributed by atoms with Gasteiger partial charge in [-0.1, -0.05) is 25.7 Å². The van der Waals surface area contributed by atoms with Crippen molar-refractivity contribution in [1.29, 1.82) is 0 Å². The Morgan fingerprint density at radius 1 is 1.17 bits per heavy atom. The lowest BCUT2D eigenvalue weighted by Crippen LogP contribution is -2.44. The largest absolute Gasteiger partial charge is 0.338 e. The van der Waals surface area contributed by atoms with Crippen molar-refractivity contribution in [3.05, 3.63) is 0 Å². The summed E-state index contributed by atoms with van der Waals surface area (Å²) < 4.78 is 0. The van der Waals surface area contributed by atoms with Crippen LogP contribution in [0.15, 0.2) is 0 Å². The lowest BCUT2D eigenvalue weighted by atomic mass is 10.1. The van der Waals surface area contributed by atoms with Gasteiger partial charge >= 0.3 is 6.03 Å². The molecular weight excluding hydrogens is 226 g/mol. The van der Waals surface area contributed by atoms with Gasteiger partial charge in [-0.3, -0.25) is 4.90 Å². The zero-order valence-electron chi connectivity index (χ0n) is 11.6. The van der Waals surface area contributed by atoms with Gasteiger partial charge in [0.1, 0.15) is 0 Å². The SMILES string of the molecule is CCNC(=O)NC1CCN(C2CCCCCC2)C1. The van der Waals surface area contributed by atoms with Crippen molar-refractivity contribution >= 4 is 6.03 Å². The van der Waals surface area contributed by atoms with Crippen molar-refractivity contribution < 1.29 is 4.79 Å². The first-order valence-electron chi connectivity index (χ1n) is 7.58. The molecule has 2 amide bonds. The number of carbonyl (C=O) groups is 1. The number of rotatable bonds is 3. The Labute approximate surface area is 110 Å². The second kappa shape index (κ2) is 6.98. The summed E-state index contributed by atoms with van der Waals surface area (Å²) in [7, 11) is 0. The first-order valence-corrected chi connectivity index (χ1v) is 7.58. The molecule has 1 unspecified atom stereocenters. The van der Waals surface area contributed by atoms with E-state index in [-0.39, 0.29) is 6.03 Å². The normalized spacial score (nSPS) is 26.8. The molecule has 1 atom stereocenters. The molecule has 1 saturated heterocycles. The zero-order valence-corrected chi connectivity index (χ0v) is 11.6. The van der Waals surface area contributed by atoms with Crippen molar-refractivity contribution in [2.75, 3.05) is 19.6 Å². The van der Waals surface area contributed by atoms with Crippen molar-refractivity contribution in [3.63, 3.8) is 0 Å². The zero-order chi connectivity index (χ0) is 12.8. The summed E-state index contributed by atoms with van der Waals surface area (Å²) in [6.45, 7) is 4.85. The number of nitrogens with one attached hydrogen (secondary N) is 2. The Morgan fingerprint density at radius 2 is 1.89 bits per heavy atom. The van der Waals surface area contributed by atoms with E-state index < -0.39 is 0 Å². The fourth-order valence-corrected chi connectivity index (χ4v) is 3.26. The van der Waals surface area contributed by atoms with Gasteiger partial charge in [0, 0.05) is 31.7 Å². The highest BCUT2D eigenvalue weighted by atomic mass is 16.2. The van der Waals surface area contributed by atoms with Crippen LogP contribution in [-0.4, -0.2) is 42.6 Å². The first-order chi connectivity index (χ1) is 8.79. The third-order valence-electron chi connectivity index (χ3n) is 4.23. The molecular formula is C14H27N3O. The Hall–Kier alpha value is -0.770. The summed E-state index contributed by atoms with van der Waals surface area (Å²) in [5, 5.41) is 5.88. The van der Waals surface area contributed by atoms with E-state index in [1.165, 1.54) is 38.5 Å². The summed E-state index contributed by atoms with van der Waals surface area (Å²) in [5.41, 5.74) is 0. The van der Waals surface area contributed by atoms with E-state index in [0.717, 1.165) is 25.6 Å². The number of carbonyl (C=O) groups excluding carboxylic acids is 1. The highest BCUT2D eigenvalue weighted by Gasteiger charge is 2.29. The molecule has 2 aliphatic rings. The molecule has 0 spiro atoms. The minimum atomic E-state index is -0.00906. The summed E-state index contributed by atoms with van der Waals surface area (Å²) in [6.07, 6.45) is 9.40. The van der Waals surface area contributed by atoms with Crippen LogP contribution in [-0.2, 0) is 0 Å². The number of hydrogen-bond acceptors (Lipinski definition) is 2. The van der Waals surface area contributed by atoms with Crippen molar-refractivity contribution in [1.82, 2.24) is 15.5 Å². The van der Waals surface area contributed by atoms with Crippen molar-refractivity contribution in [3.8, 4) is 0 Å². The van der Waals surface area contributed by atoms with Crippen molar-refractivity contribution in [2.24, 2.45) is 0 Å². The van der Waals surface area contributed by atoms with E-state index in [1.807, 2.05) is 6.92 Å². The highest BCUT2D eigenvalue weighted by Crippen LogP contribution is 2.24. The molecule has 0 aromatic heterocycles. The predicted octanol–water partition coefficient (Wildman–Crippen LogP) is 2.10. The van der Waals surface area contributed by atoms with E-state index >= 15 is 0 Å². The Kier molecular flexibility index (Phi) is 5.29. The van der Waals surface area contributed by atoms with E-state index in [9.17, 15) is 4.79 Å². The molecule has 18 heavy (non-hydrogen) atoms. The topological polar surface area (TPSA) is 44.4 Å². The highest BCUT2D eigenvalue weighted by molar-refractivity contribution is 5.74. The first kappa shape index (κ1) is 13.7. The lowest BCUT2D eigenvalue weighted by Gasteiger charge is -2.26. The van der Waals surface area contributed by atoms with Gasteiger partial charge in [-0.15, -0.1) is 0 Å². The van der Waals surface area contributed by atoms with E-state index in [4.69, 9.17) is 0 Å². The van der Waals surface area contributed by atoms with Crippen LogP contribution in [0.3, 0.4) is 0 Å². The van der Waals surface area contributed by atoms with Gasteiger partial charge in [-0.2, -0.15) is 0 Å². The standard InChI is InChI=1S/C14H27N3O/c1-2-15-14(18)16-12-9-10-17(11-12)13-7-5-3-4-6-8-13/h12-13H,2-11H2,1H3,(H2,15,16,18). The van der Waals surface area contributed by atoms with Crippen LogP contribution in [0.2, 0.25) is 0 Å². The van der Waals surface area contributed by atoms with Gasteiger partial charge in [0.2, 0.25) is 0 Å². The lowest BCUT2D eigenvalue weighted by molar-refractivity contribution is 0.212. The summed E-state index contributed by atoms with van der Waals surface area (Å²) >= 11 is 0. The Morgan fingerprint density at radius 3 is 2.56 bits per heavy atom. The average Bonchev–Trinajstić information content (AvgIpc) is 2.64. The summed E-state index contributed by atoms with van der Waals surface area (Å²) in [6, 6.07) is 1.11. The Balaban J connectivity index is 1.75. The fourth-order valence-electron chi connectivity index (χ4n) is 3.26. The summed E-state index contributed by atoms with van der Waals surface area (Å²) in [4.78, 5) is 14.1. The van der Waals surface area contributed by atoms with Gasteiger partial charge in [0.15, 0.2) is 0 Å². The summed E-state index contributed by atoms with van der Waals surface area (Å²) in [5.74, 6) is 0. The molecule has 4 heteroatoms. The fraction of sp³-hybridized carbons (Fsp3) is 0.929. The molecule has 2 fully saturated rings. The minimum absolute atomic E-state index is 0.00906. The monoisotopic (exact) mass is 253 g/mol. The number of amides is 2. The number of likely N-dealkylation sites (tertiary alicyclic amines) is 1. The molecule has 2 rings (SSSR count). The predicted molar refractivity (Wildman–Crippen MR) is 73.7 cm³/mol. The van der Waals surface area contributed by atoms with Gasteiger partial charge < -0.3 is 10.6 Å². The van der Waals surface area contributed by atoms with Crippen molar-refractivity contribution in [2.45, 2.75) is 64.0 Å². The second-order valence-electron chi connectivity index (χ2n) is 5.63. The molecule has 0 radical (unpaired) electrons. The van der Waals surface area contributed by atoms with E-state index in [2.05, 4.69) is 15.5 Å². The van der Waals surface area contributed by atoms with Crippen LogP contribution in [0.4, 0.5) is 4.79 Å². The molecule has 0 bridgehead atoms. The third kappa shape index (κ3) is 3.87. The van der Waals surface area contributed by atoms with E-state index in [0.29, 0.717) is 12.6 Å². The number of nitrogens with zero attached hydrogens (tertiary/aromatic N) is 1. The van der Waals surface area contributed by atoms with Crippen LogP contribution >= 0.6 is 0 Å². The van der Waals surface area contributed by atoms with Crippen LogP contribution in [0, 0.1) is 0 Å². The maximum Gasteiger partial charge on any atom is 0.315 e. The molecule has 2 N–H and O–H groups in total. The number of hydrogen-bond donors (Lipinski definition) is 2. The Bertz CT molecular complexity index is 262. The molecule has 0 aromatic rings. The maximum absolute atomic E-state index is 11.5. The minimum Gasteiger partial charge on any atom is -0.338 e. The van der Waals surface area contributed by atoms with Gasteiger partial charge in [-0.05, 0) is 26.2 Å². The van der Waals surface area contributed by atoms with Crippen LogP contribution < -0.4 is 10.6 Å². The van der Waals surface area contributed by atoms with Gasteiger partial charge in [0.05, 0.1) is 0 Å².